The standard InChI is InChI=1S/C11H22N2/c1-7-13(8-2)11(6)12-10(5)9(3)4/h7-8H2,1-6H3. The summed E-state index contributed by atoms with van der Waals surface area (Å²) in [5.74, 6) is 1.11. The van der Waals surface area contributed by atoms with E-state index in [1.807, 2.05) is 0 Å². The second-order valence-electron chi connectivity index (χ2n) is 3.42. The Morgan fingerprint density at radius 3 is 1.77 bits per heavy atom. The van der Waals surface area contributed by atoms with Crippen LogP contribution in [-0.4, -0.2) is 23.8 Å². The summed E-state index contributed by atoms with van der Waals surface area (Å²) in [6, 6.07) is 0. The molecule has 0 amide bonds. The van der Waals surface area contributed by atoms with Crippen LogP contribution in [-0.2, 0) is 0 Å². The fourth-order valence-corrected chi connectivity index (χ4v) is 1.11. The van der Waals surface area contributed by atoms with Crippen molar-refractivity contribution >= 4 is 5.84 Å². The number of amidine groups is 1. The van der Waals surface area contributed by atoms with E-state index in [2.05, 4.69) is 51.4 Å². The zero-order valence-corrected chi connectivity index (χ0v) is 9.81. The van der Waals surface area contributed by atoms with Crippen molar-refractivity contribution in [3.8, 4) is 0 Å². The van der Waals surface area contributed by atoms with Crippen LogP contribution in [0.4, 0.5) is 0 Å². The van der Waals surface area contributed by atoms with Gasteiger partial charge in [0.25, 0.3) is 0 Å². The second-order valence-corrected chi connectivity index (χ2v) is 3.42. The Hall–Kier alpha value is -0.790. The monoisotopic (exact) mass is 182 g/mol. The third kappa shape index (κ3) is 4.11. The molecule has 0 saturated heterocycles. The maximum absolute atomic E-state index is 4.54. The zero-order valence-electron chi connectivity index (χ0n) is 9.81. The van der Waals surface area contributed by atoms with Gasteiger partial charge in [-0.2, -0.15) is 0 Å². The molecule has 0 aliphatic rings. The number of hydrogen-bond donors (Lipinski definition) is 0. The molecule has 0 aromatic carbocycles. The highest BCUT2D eigenvalue weighted by Crippen LogP contribution is 2.05. The quantitative estimate of drug-likeness (QED) is 0.484. The van der Waals surface area contributed by atoms with E-state index in [0.717, 1.165) is 24.6 Å². The average Bonchev–Trinajstić information content (AvgIpc) is 2.06. The van der Waals surface area contributed by atoms with Crippen LogP contribution in [0.5, 0.6) is 0 Å². The van der Waals surface area contributed by atoms with E-state index in [0.29, 0.717) is 0 Å². The van der Waals surface area contributed by atoms with Crippen molar-refractivity contribution in [3.05, 3.63) is 11.3 Å². The molecule has 0 bridgehead atoms. The van der Waals surface area contributed by atoms with Crippen LogP contribution < -0.4 is 0 Å². The maximum Gasteiger partial charge on any atom is 0.101 e. The molecule has 0 rings (SSSR count). The molecule has 0 atom stereocenters. The predicted molar refractivity (Wildman–Crippen MR) is 60.1 cm³/mol. The van der Waals surface area contributed by atoms with E-state index in [9.17, 15) is 0 Å². The van der Waals surface area contributed by atoms with E-state index in [-0.39, 0.29) is 0 Å². The van der Waals surface area contributed by atoms with Gasteiger partial charge in [0.2, 0.25) is 0 Å². The molecule has 2 heteroatoms. The van der Waals surface area contributed by atoms with Crippen LogP contribution >= 0.6 is 0 Å². The Labute approximate surface area is 82.4 Å². The molecule has 0 aromatic rings. The van der Waals surface area contributed by atoms with Crippen LogP contribution in [0.2, 0.25) is 0 Å². The summed E-state index contributed by atoms with van der Waals surface area (Å²) in [5.41, 5.74) is 2.41. The van der Waals surface area contributed by atoms with Gasteiger partial charge in [-0.25, -0.2) is 4.99 Å². The van der Waals surface area contributed by atoms with Gasteiger partial charge in [-0.05, 0) is 41.5 Å². The fraction of sp³-hybridized carbons (Fsp3) is 0.727. The van der Waals surface area contributed by atoms with E-state index in [4.69, 9.17) is 0 Å². The van der Waals surface area contributed by atoms with Crippen LogP contribution in [0, 0.1) is 0 Å². The minimum atomic E-state index is 1.03. The molecule has 0 radical (unpaired) electrons. The van der Waals surface area contributed by atoms with Gasteiger partial charge < -0.3 is 4.90 Å². The van der Waals surface area contributed by atoms with Crippen molar-refractivity contribution < 1.29 is 0 Å². The molecule has 0 saturated carbocycles. The summed E-state index contributed by atoms with van der Waals surface area (Å²) in [7, 11) is 0. The largest absolute Gasteiger partial charge is 0.361 e. The molecule has 0 unspecified atom stereocenters. The van der Waals surface area contributed by atoms with Gasteiger partial charge in [0.05, 0.1) is 0 Å². The maximum atomic E-state index is 4.54. The van der Waals surface area contributed by atoms with E-state index >= 15 is 0 Å². The number of nitrogens with zero attached hydrogens (tertiary/aromatic N) is 2. The first-order chi connectivity index (χ1) is 6.02. The molecule has 0 aliphatic carbocycles. The van der Waals surface area contributed by atoms with Gasteiger partial charge in [-0.1, -0.05) is 5.57 Å². The Morgan fingerprint density at radius 1 is 1.00 bits per heavy atom. The molecule has 13 heavy (non-hydrogen) atoms. The molecule has 0 fully saturated rings. The van der Waals surface area contributed by atoms with Gasteiger partial charge in [-0.15, -0.1) is 0 Å². The van der Waals surface area contributed by atoms with Crippen molar-refractivity contribution in [2.45, 2.75) is 41.5 Å². The van der Waals surface area contributed by atoms with Gasteiger partial charge >= 0.3 is 0 Å². The summed E-state index contributed by atoms with van der Waals surface area (Å²) in [5, 5.41) is 0. The molecule has 2 nitrogen and oxygen atoms in total. The van der Waals surface area contributed by atoms with Crippen molar-refractivity contribution in [3.63, 3.8) is 0 Å². The summed E-state index contributed by atoms with van der Waals surface area (Å²) in [6.07, 6.45) is 0. The minimum Gasteiger partial charge on any atom is -0.361 e. The first-order valence-electron chi connectivity index (χ1n) is 4.97. The predicted octanol–water partition coefficient (Wildman–Crippen LogP) is 3.06. The topological polar surface area (TPSA) is 15.6 Å². The van der Waals surface area contributed by atoms with Gasteiger partial charge in [0.15, 0.2) is 0 Å². The first kappa shape index (κ1) is 12.2. The Morgan fingerprint density at radius 2 is 1.46 bits per heavy atom. The van der Waals surface area contributed by atoms with Crippen LogP contribution in [0.3, 0.4) is 0 Å². The van der Waals surface area contributed by atoms with Gasteiger partial charge in [-0.3, -0.25) is 0 Å². The highest BCUT2D eigenvalue weighted by molar-refractivity contribution is 5.80. The number of aliphatic imine (C=N–C) groups is 1. The molecule has 0 spiro atoms. The van der Waals surface area contributed by atoms with Crippen molar-refractivity contribution in [1.29, 1.82) is 0 Å². The Bertz CT molecular complexity index is 206. The average molecular weight is 182 g/mol. The minimum absolute atomic E-state index is 1.03. The normalized spacial score (nSPS) is 11.4. The summed E-state index contributed by atoms with van der Waals surface area (Å²) in [6.45, 7) is 14.7. The van der Waals surface area contributed by atoms with Crippen LogP contribution in [0.15, 0.2) is 16.3 Å². The Balaban J connectivity index is 4.56. The number of rotatable bonds is 3. The summed E-state index contributed by atoms with van der Waals surface area (Å²) >= 11 is 0. The fourth-order valence-electron chi connectivity index (χ4n) is 1.11. The van der Waals surface area contributed by atoms with Crippen LogP contribution in [0.1, 0.15) is 41.5 Å². The lowest BCUT2D eigenvalue weighted by atomic mass is 10.3. The molecule has 76 valence electrons. The molecular formula is C11H22N2. The molecule has 0 N–H and O–H groups in total. The van der Waals surface area contributed by atoms with E-state index < -0.39 is 0 Å². The third-order valence-corrected chi connectivity index (χ3v) is 2.27. The highest BCUT2D eigenvalue weighted by atomic mass is 15.2. The SMILES string of the molecule is CCN(CC)C(C)=NC(C)=C(C)C. The van der Waals surface area contributed by atoms with Crippen molar-refractivity contribution in [1.82, 2.24) is 4.90 Å². The van der Waals surface area contributed by atoms with Gasteiger partial charge in [0, 0.05) is 18.8 Å². The number of allylic oxidation sites excluding steroid dienone is 2. The lowest BCUT2D eigenvalue weighted by molar-refractivity contribution is 0.462. The lowest BCUT2D eigenvalue weighted by Crippen LogP contribution is -2.28. The molecule has 0 heterocycles. The van der Waals surface area contributed by atoms with E-state index in [1.165, 1.54) is 5.57 Å². The first-order valence-corrected chi connectivity index (χ1v) is 4.97. The van der Waals surface area contributed by atoms with Crippen molar-refractivity contribution in [2.24, 2.45) is 4.99 Å². The highest BCUT2D eigenvalue weighted by Gasteiger charge is 2.00. The lowest BCUT2D eigenvalue weighted by Gasteiger charge is -2.20. The van der Waals surface area contributed by atoms with Gasteiger partial charge in [0.1, 0.15) is 5.84 Å². The summed E-state index contributed by atoms with van der Waals surface area (Å²) < 4.78 is 0. The van der Waals surface area contributed by atoms with Crippen LogP contribution in [0.25, 0.3) is 0 Å². The summed E-state index contributed by atoms with van der Waals surface area (Å²) in [4.78, 5) is 6.80. The van der Waals surface area contributed by atoms with Crippen molar-refractivity contribution in [2.75, 3.05) is 13.1 Å². The number of hydrogen-bond acceptors (Lipinski definition) is 1. The molecule has 0 aromatic heterocycles. The molecule has 0 aliphatic heterocycles. The Kier molecular flexibility index (Phi) is 5.44. The zero-order chi connectivity index (χ0) is 10.4. The molecular weight excluding hydrogens is 160 g/mol. The second kappa shape index (κ2) is 5.79. The third-order valence-electron chi connectivity index (χ3n) is 2.27. The van der Waals surface area contributed by atoms with E-state index in [1.54, 1.807) is 0 Å². The smallest absolute Gasteiger partial charge is 0.101 e.